The molecule has 2 aromatic heterocycles. The van der Waals surface area contributed by atoms with Gasteiger partial charge in [0.25, 0.3) is 5.91 Å². The molecule has 3 heterocycles. The Morgan fingerprint density at radius 2 is 1.96 bits per heavy atom. The smallest absolute Gasteiger partial charge is 0.255 e. The minimum atomic E-state index is -0.229. The van der Waals surface area contributed by atoms with Gasteiger partial charge in [-0.2, -0.15) is 9.61 Å². The predicted molar refractivity (Wildman–Crippen MR) is 96.7 cm³/mol. The zero-order valence-electron chi connectivity index (χ0n) is 14.0. The fourth-order valence-corrected chi connectivity index (χ4v) is 2.88. The van der Waals surface area contributed by atoms with Gasteiger partial charge < -0.3 is 14.8 Å². The molecule has 27 heavy (non-hydrogen) atoms. The van der Waals surface area contributed by atoms with Crippen LogP contribution in [0.15, 0.2) is 60.9 Å². The summed E-state index contributed by atoms with van der Waals surface area (Å²) in [4.78, 5) is 12.6. The number of ether oxygens (including phenoxy) is 2. The molecule has 0 spiro atoms. The Kier molecular flexibility index (Phi) is 3.46. The van der Waals surface area contributed by atoms with Gasteiger partial charge in [-0.15, -0.1) is 10.2 Å². The van der Waals surface area contributed by atoms with E-state index in [2.05, 4.69) is 20.6 Å². The molecule has 1 N–H and O–H groups in total. The highest BCUT2D eigenvalue weighted by Gasteiger charge is 2.16. The molecule has 0 saturated heterocycles. The van der Waals surface area contributed by atoms with Gasteiger partial charge in [0, 0.05) is 16.8 Å². The van der Waals surface area contributed by atoms with Gasteiger partial charge in [0.1, 0.15) is 6.33 Å². The molecular weight excluding hydrogens is 346 g/mol. The monoisotopic (exact) mass is 359 g/mol. The zero-order chi connectivity index (χ0) is 18.2. The normalized spacial score (nSPS) is 12.3. The van der Waals surface area contributed by atoms with Gasteiger partial charge in [0.2, 0.25) is 6.79 Å². The van der Waals surface area contributed by atoms with Crippen molar-refractivity contribution in [3.8, 4) is 22.8 Å². The van der Waals surface area contributed by atoms with E-state index in [1.807, 2.05) is 36.4 Å². The molecule has 8 heteroatoms. The lowest BCUT2D eigenvalue weighted by molar-refractivity contribution is 0.102. The van der Waals surface area contributed by atoms with E-state index in [1.54, 1.807) is 29.0 Å². The van der Waals surface area contributed by atoms with Crippen molar-refractivity contribution in [2.24, 2.45) is 0 Å². The van der Waals surface area contributed by atoms with Crippen LogP contribution in [0.5, 0.6) is 11.5 Å². The summed E-state index contributed by atoms with van der Waals surface area (Å²) in [6, 6.07) is 16.3. The van der Waals surface area contributed by atoms with Crippen LogP contribution in [0.25, 0.3) is 16.9 Å². The minimum Gasteiger partial charge on any atom is -0.454 e. The maximum Gasteiger partial charge on any atom is 0.255 e. The van der Waals surface area contributed by atoms with Crippen LogP contribution in [0.3, 0.4) is 0 Å². The molecule has 0 unspecified atom stereocenters. The van der Waals surface area contributed by atoms with Gasteiger partial charge in [0.05, 0.1) is 5.69 Å². The Labute approximate surface area is 153 Å². The number of nitrogens with zero attached hydrogens (tertiary/aromatic N) is 4. The zero-order valence-corrected chi connectivity index (χ0v) is 14.0. The average Bonchev–Trinajstić information content (AvgIpc) is 3.36. The van der Waals surface area contributed by atoms with Crippen molar-refractivity contribution in [3.63, 3.8) is 0 Å². The number of carbonyl (C=O) groups excluding carboxylic acids is 1. The van der Waals surface area contributed by atoms with Gasteiger partial charge >= 0.3 is 0 Å². The largest absolute Gasteiger partial charge is 0.454 e. The molecule has 0 saturated carbocycles. The molecule has 132 valence electrons. The number of fused-ring (bicyclic) bond motifs is 2. The number of benzene rings is 2. The van der Waals surface area contributed by atoms with Crippen molar-refractivity contribution < 1.29 is 14.3 Å². The summed E-state index contributed by atoms with van der Waals surface area (Å²) in [5.74, 6) is 0.986. The number of amides is 1. The Morgan fingerprint density at radius 1 is 1.04 bits per heavy atom. The molecule has 4 aromatic rings. The Bertz CT molecular complexity index is 1170. The summed E-state index contributed by atoms with van der Waals surface area (Å²) in [5.41, 5.74) is 3.45. The van der Waals surface area contributed by atoms with Crippen molar-refractivity contribution in [2.45, 2.75) is 0 Å². The maximum atomic E-state index is 12.6. The molecule has 0 bridgehead atoms. The van der Waals surface area contributed by atoms with Crippen LogP contribution in [0.4, 0.5) is 5.69 Å². The number of carbonyl (C=O) groups is 1. The number of hydrogen-bond acceptors (Lipinski definition) is 6. The summed E-state index contributed by atoms with van der Waals surface area (Å²) in [6.45, 7) is 0.173. The van der Waals surface area contributed by atoms with Crippen LogP contribution in [0, 0.1) is 0 Å². The molecule has 1 amide bonds. The predicted octanol–water partition coefficient (Wildman–Crippen LogP) is 2.77. The maximum absolute atomic E-state index is 12.6. The van der Waals surface area contributed by atoms with Crippen LogP contribution in [-0.2, 0) is 0 Å². The van der Waals surface area contributed by atoms with Gasteiger partial charge in [0.15, 0.2) is 17.1 Å². The van der Waals surface area contributed by atoms with Crippen LogP contribution in [0.1, 0.15) is 10.4 Å². The fourth-order valence-electron chi connectivity index (χ4n) is 2.88. The van der Waals surface area contributed by atoms with Crippen LogP contribution < -0.4 is 14.8 Å². The third kappa shape index (κ3) is 2.82. The lowest BCUT2D eigenvalue weighted by Crippen LogP contribution is -2.11. The molecular formula is C19H13N5O3. The van der Waals surface area contributed by atoms with Gasteiger partial charge in [-0.25, -0.2) is 0 Å². The Hall–Kier alpha value is -3.94. The molecule has 0 fully saturated rings. The van der Waals surface area contributed by atoms with E-state index in [0.29, 0.717) is 28.4 Å². The minimum absolute atomic E-state index is 0.173. The summed E-state index contributed by atoms with van der Waals surface area (Å²) >= 11 is 0. The van der Waals surface area contributed by atoms with E-state index in [9.17, 15) is 4.79 Å². The first-order valence-electron chi connectivity index (χ1n) is 8.25. The first-order valence-corrected chi connectivity index (χ1v) is 8.25. The van der Waals surface area contributed by atoms with E-state index >= 15 is 0 Å². The first kappa shape index (κ1) is 15.3. The Morgan fingerprint density at radius 3 is 2.93 bits per heavy atom. The molecule has 8 nitrogen and oxygen atoms in total. The summed E-state index contributed by atoms with van der Waals surface area (Å²) in [5, 5.41) is 15.1. The van der Waals surface area contributed by atoms with Gasteiger partial charge in [-0.3, -0.25) is 4.79 Å². The molecule has 2 aromatic carbocycles. The Balaban J connectivity index is 1.41. The number of rotatable bonds is 3. The van der Waals surface area contributed by atoms with Crippen molar-refractivity contribution in [1.29, 1.82) is 0 Å². The second-order valence-electron chi connectivity index (χ2n) is 5.96. The third-order valence-corrected chi connectivity index (χ3v) is 4.21. The first-order chi connectivity index (χ1) is 13.3. The number of anilines is 1. The molecule has 0 aliphatic carbocycles. The van der Waals surface area contributed by atoms with Crippen LogP contribution >= 0.6 is 0 Å². The van der Waals surface area contributed by atoms with E-state index in [0.717, 1.165) is 11.3 Å². The van der Waals surface area contributed by atoms with Gasteiger partial charge in [-0.1, -0.05) is 12.1 Å². The van der Waals surface area contributed by atoms with Crippen LogP contribution in [0.2, 0.25) is 0 Å². The molecule has 0 radical (unpaired) electrons. The number of hydrogen-bond donors (Lipinski definition) is 1. The van der Waals surface area contributed by atoms with Crippen LogP contribution in [-0.4, -0.2) is 32.5 Å². The number of nitrogens with one attached hydrogen (secondary N) is 1. The van der Waals surface area contributed by atoms with E-state index in [4.69, 9.17) is 9.47 Å². The van der Waals surface area contributed by atoms with Gasteiger partial charge in [-0.05, 0) is 42.5 Å². The van der Waals surface area contributed by atoms with E-state index in [1.165, 1.54) is 0 Å². The lowest BCUT2D eigenvalue weighted by atomic mass is 10.1. The van der Waals surface area contributed by atoms with Crippen molar-refractivity contribution in [1.82, 2.24) is 19.8 Å². The average molecular weight is 359 g/mol. The molecule has 1 aliphatic rings. The van der Waals surface area contributed by atoms with E-state index in [-0.39, 0.29) is 12.7 Å². The molecule has 0 atom stereocenters. The highest BCUT2D eigenvalue weighted by atomic mass is 16.7. The van der Waals surface area contributed by atoms with Crippen molar-refractivity contribution >= 4 is 17.2 Å². The second kappa shape index (κ2) is 6.10. The summed E-state index contributed by atoms with van der Waals surface area (Å²) < 4.78 is 12.2. The topological polar surface area (TPSA) is 90.6 Å². The van der Waals surface area contributed by atoms with E-state index < -0.39 is 0 Å². The standard InChI is InChI=1S/C19H13N5O3/c25-19(13-4-6-16-17(9-13)27-11-26-16)21-14-3-1-2-12(8-14)15-5-7-18-22-20-10-24(18)23-15/h1-10H,11H2,(H,21,25). The highest BCUT2D eigenvalue weighted by molar-refractivity contribution is 6.05. The lowest BCUT2D eigenvalue weighted by Gasteiger charge is -2.08. The summed E-state index contributed by atoms with van der Waals surface area (Å²) in [6.07, 6.45) is 1.55. The molecule has 5 rings (SSSR count). The summed E-state index contributed by atoms with van der Waals surface area (Å²) in [7, 11) is 0. The third-order valence-electron chi connectivity index (χ3n) is 4.21. The van der Waals surface area contributed by atoms with Crippen molar-refractivity contribution in [2.75, 3.05) is 12.1 Å². The highest BCUT2D eigenvalue weighted by Crippen LogP contribution is 2.32. The second-order valence-corrected chi connectivity index (χ2v) is 5.96. The number of aromatic nitrogens is 4. The fraction of sp³-hybridized carbons (Fsp3) is 0.0526. The van der Waals surface area contributed by atoms with Crippen molar-refractivity contribution in [3.05, 3.63) is 66.5 Å². The quantitative estimate of drug-likeness (QED) is 0.605. The SMILES string of the molecule is O=C(Nc1cccc(-c2ccc3nncn3n2)c1)c1ccc2c(c1)OCO2. The molecule has 1 aliphatic heterocycles.